The SMILES string of the molecule is C(=C\c1c(Sc2ccccc2)c(Sc2ccccc2)c(Sc2ccccc2)c(Sc2ccccc2)c1Sc1ccccc1)/c1ccc(/C=C/c2c(Sc3ccccc3)c(Sc3ccccc3)c(Sc3ccccc3)c(Sc3ccccc3)c2Sc2ccccc2)cc1. The average Bonchev–Trinajstić information content (AvgIpc) is 0.801. The molecule has 0 saturated heterocycles. The largest absolute Gasteiger partial charge is 0.0882 e. The Morgan fingerprint density at radius 3 is 0.413 bits per heavy atom. The van der Waals surface area contributed by atoms with E-state index in [1.807, 2.05) is 118 Å². The van der Waals surface area contributed by atoms with Crippen molar-refractivity contribution in [3.05, 3.63) is 350 Å². The summed E-state index contributed by atoms with van der Waals surface area (Å²) < 4.78 is 0. The second-order valence-electron chi connectivity index (χ2n) is 20.6. The van der Waals surface area contributed by atoms with Gasteiger partial charge in [0.1, 0.15) is 0 Å². The molecule has 13 rings (SSSR count). The topological polar surface area (TPSA) is 0 Å². The quantitative estimate of drug-likeness (QED) is 0.0534. The van der Waals surface area contributed by atoms with Crippen molar-refractivity contribution in [3.63, 3.8) is 0 Å². The molecule has 0 heterocycles. The second kappa shape index (κ2) is 32.6. The highest BCUT2D eigenvalue weighted by molar-refractivity contribution is 8.06. The van der Waals surface area contributed by atoms with Gasteiger partial charge in [-0.15, -0.1) is 0 Å². The van der Waals surface area contributed by atoms with E-state index in [9.17, 15) is 0 Å². The van der Waals surface area contributed by atoms with Gasteiger partial charge in [-0.1, -0.05) is 348 Å². The Morgan fingerprint density at radius 2 is 0.261 bits per heavy atom. The molecule has 0 aliphatic rings. The molecule has 0 unspecified atom stereocenters. The fourth-order valence-electron chi connectivity index (χ4n) is 9.72. The summed E-state index contributed by atoms with van der Waals surface area (Å²) in [6, 6.07) is 118. The molecular formula is C82H58S10. The van der Waals surface area contributed by atoms with Crippen LogP contribution in [-0.4, -0.2) is 0 Å². The van der Waals surface area contributed by atoms with Gasteiger partial charge in [-0.25, -0.2) is 0 Å². The van der Waals surface area contributed by atoms with Crippen LogP contribution in [0.15, 0.2) is 425 Å². The molecular weight excluding hydrogens is 1310 g/mol. The molecule has 0 atom stereocenters. The van der Waals surface area contributed by atoms with Crippen LogP contribution in [0.1, 0.15) is 22.3 Å². The van der Waals surface area contributed by atoms with Crippen molar-refractivity contribution < 1.29 is 0 Å². The van der Waals surface area contributed by atoms with Crippen LogP contribution >= 0.6 is 118 Å². The van der Waals surface area contributed by atoms with Gasteiger partial charge in [0.25, 0.3) is 0 Å². The van der Waals surface area contributed by atoms with Crippen molar-refractivity contribution in [2.45, 2.75) is 97.9 Å². The Hall–Kier alpha value is -7.16. The van der Waals surface area contributed by atoms with E-state index in [0.29, 0.717) is 0 Å². The highest BCUT2D eigenvalue weighted by Gasteiger charge is 2.29. The van der Waals surface area contributed by atoms with Crippen LogP contribution < -0.4 is 0 Å². The summed E-state index contributed by atoms with van der Waals surface area (Å²) in [7, 11) is 0. The molecule has 0 radical (unpaired) electrons. The minimum atomic E-state index is 1.11. The Labute approximate surface area is 583 Å². The third-order valence-corrected chi connectivity index (χ3v) is 26.4. The van der Waals surface area contributed by atoms with E-state index in [2.05, 4.69) is 352 Å². The molecule has 0 fully saturated rings. The van der Waals surface area contributed by atoms with Gasteiger partial charge >= 0.3 is 0 Å². The highest BCUT2D eigenvalue weighted by atomic mass is 32.2. The molecule has 0 bridgehead atoms. The zero-order valence-corrected chi connectivity index (χ0v) is 57.7. The number of rotatable bonds is 24. The van der Waals surface area contributed by atoms with Crippen LogP contribution in [0, 0.1) is 0 Å². The van der Waals surface area contributed by atoms with Crippen LogP contribution in [-0.2, 0) is 0 Å². The van der Waals surface area contributed by atoms with E-state index in [1.165, 1.54) is 109 Å². The van der Waals surface area contributed by atoms with Gasteiger partial charge in [0.15, 0.2) is 0 Å². The summed E-state index contributed by atoms with van der Waals surface area (Å²) in [6.45, 7) is 0. The molecule has 446 valence electrons. The van der Waals surface area contributed by atoms with Gasteiger partial charge < -0.3 is 0 Å². The maximum Gasteiger partial charge on any atom is 0.0425 e. The van der Waals surface area contributed by atoms with E-state index in [4.69, 9.17) is 0 Å². The van der Waals surface area contributed by atoms with Crippen LogP contribution in [0.2, 0.25) is 0 Å². The van der Waals surface area contributed by atoms with E-state index >= 15 is 0 Å². The lowest BCUT2D eigenvalue weighted by molar-refractivity contribution is 0.946. The first-order valence-corrected chi connectivity index (χ1v) is 38.0. The predicted octanol–water partition coefficient (Wildman–Crippen LogP) is 27.5. The Morgan fingerprint density at radius 1 is 0.130 bits per heavy atom. The Balaban J connectivity index is 0.984. The average molecular weight is 1360 g/mol. The van der Waals surface area contributed by atoms with Gasteiger partial charge in [-0.3, -0.25) is 0 Å². The fraction of sp³-hybridized carbons (Fsp3) is 0. The lowest BCUT2D eigenvalue weighted by Crippen LogP contribution is -1.98. The summed E-state index contributed by atoms with van der Waals surface area (Å²) in [4.78, 5) is 24.1. The monoisotopic (exact) mass is 1360 g/mol. The predicted molar refractivity (Wildman–Crippen MR) is 403 cm³/mol. The van der Waals surface area contributed by atoms with E-state index in [-0.39, 0.29) is 0 Å². The van der Waals surface area contributed by atoms with E-state index < -0.39 is 0 Å². The lowest BCUT2D eigenvalue weighted by Gasteiger charge is -2.25. The summed E-state index contributed by atoms with van der Waals surface area (Å²) >= 11 is 18.5. The third-order valence-electron chi connectivity index (χ3n) is 14.1. The van der Waals surface area contributed by atoms with Gasteiger partial charge in [0, 0.05) is 109 Å². The van der Waals surface area contributed by atoms with Gasteiger partial charge in [0.2, 0.25) is 0 Å². The van der Waals surface area contributed by atoms with Crippen molar-refractivity contribution >= 4 is 142 Å². The maximum atomic E-state index is 2.38. The van der Waals surface area contributed by atoms with Crippen molar-refractivity contribution in [3.8, 4) is 0 Å². The molecule has 92 heavy (non-hydrogen) atoms. The zero-order valence-electron chi connectivity index (χ0n) is 49.6. The number of benzene rings is 13. The minimum Gasteiger partial charge on any atom is -0.0882 e. The van der Waals surface area contributed by atoms with E-state index in [0.717, 1.165) is 11.1 Å². The molecule has 0 saturated carbocycles. The molecule has 13 aromatic rings. The van der Waals surface area contributed by atoms with Crippen molar-refractivity contribution in [1.29, 1.82) is 0 Å². The summed E-state index contributed by atoms with van der Waals surface area (Å²) in [6.07, 6.45) is 9.40. The van der Waals surface area contributed by atoms with Crippen LogP contribution in [0.25, 0.3) is 24.3 Å². The molecule has 0 nitrogen and oxygen atoms in total. The first-order chi connectivity index (χ1) is 45.6. The highest BCUT2D eigenvalue weighted by Crippen LogP contribution is 2.59. The standard InChI is InChI=1S/C82H58S10/c1-11-31-61(32-12-1)83-73-71(74(84-62-33-13-2-14-34-62)78(88-66-41-21-6-22-42-66)81(91-69-47-27-9-28-48-69)77(73)87-65-39-19-5-20-40-65)57-55-59-51-53-60(54-52-59)56-58-72-75(85-63-35-15-3-16-36-63)79(89-67-43-23-7-24-44-67)82(92-70-49-29-10-30-50-70)80(90-68-45-25-8-26-46-68)76(72)86-64-37-17-4-18-38-64/h1-58H/b57-55+,58-56+. The first-order valence-electron chi connectivity index (χ1n) is 29.8. The van der Waals surface area contributed by atoms with Crippen molar-refractivity contribution in [2.75, 3.05) is 0 Å². The van der Waals surface area contributed by atoms with Crippen molar-refractivity contribution in [1.82, 2.24) is 0 Å². The summed E-state index contributed by atoms with van der Waals surface area (Å²) in [5.41, 5.74) is 4.58. The minimum absolute atomic E-state index is 1.11. The number of hydrogen-bond donors (Lipinski definition) is 0. The normalized spacial score (nSPS) is 11.4. The number of hydrogen-bond acceptors (Lipinski definition) is 10. The second-order valence-corrected chi connectivity index (χ2v) is 31.4. The van der Waals surface area contributed by atoms with E-state index in [1.54, 1.807) is 0 Å². The smallest absolute Gasteiger partial charge is 0.0425 e. The fourth-order valence-corrected chi connectivity index (χ4v) is 21.8. The van der Waals surface area contributed by atoms with Gasteiger partial charge in [0.05, 0.1) is 0 Å². The Bertz CT molecular complexity index is 4030. The van der Waals surface area contributed by atoms with Crippen LogP contribution in [0.5, 0.6) is 0 Å². The van der Waals surface area contributed by atoms with Crippen molar-refractivity contribution in [2.24, 2.45) is 0 Å². The maximum absolute atomic E-state index is 2.38. The Kier molecular flexibility index (Phi) is 22.5. The third kappa shape index (κ3) is 17.0. The zero-order chi connectivity index (χ0) is 61.9. The molecule has 0 aliphatic heterocycles. The van der Waals surface area contributed by atoms with Crippen LogP contribution in [0.4, 0.5) is 0 Å². The van der Waals surface area contributed by atoms with Crippen LogP contribution in [0.3, 0.4) is 0 Å². The molecule has 0 aromatic heterocycles. The molecule has 13 aromatic carbocycles. The molecule has 10 heteroatoms. The molecule has 0 N–H and O–H groups in total. The summed E-state index contributed by atoms with van der Waals surface area (Å²) in [5, 5.41) is 0. The molecule has 0 amide bonds. The van der Waals surface area contributed by atoms with Gasteiger partial charge in [-0.05, 0) is 132 Å². The summed E-state index contributed by atoms with van der Waals surface area (Å²) in [5.74, 6) is 0. The lowest BCUT2D eigenvalue weighted by atomic mass is 10.1. The van der Waals surface area contributed by atoms with Gasteiger partial charge in [-0.2, -0.15) is 0 Å². The molecule has 0 spiro atoms. The molecule has 0 aliphatic carbocycles. The first kappa shape index (κ1) is 63.6.